The third-order valence-corrected chi connectivity index (χ3v) is 2.29. The number of hydrogen-bond acceptors (Lipinski definition) is 2. The number of rotatable bonds is 4. The molecule has 0 aromatic carbocycles. The summed E-state index contributed by atoms with van der Waals surface area (Å²) in [6, 6.07) is 3.70. The van der Waals surface area contributed by atoms with Crippen LogP contribution in [0.15, 0.2) is 18.3 Å². The van der Waals surface area contributed by atoms with Crippen molar-refractivity contribution in [1.82, 2.24) is 9.88 Å². The predicted molar refractivity (Wildman–Crippen MR) is 56.0 cm³/mol. The Morgan fingerprint density at radius 3 is 2.86 bits per heavy atom. The molecule has 0 bridgehead atoms. The molecular weight excluding hydrogens is 178 g/mol. The molecule has 1 atom stereocenters. The third kappa shape index (κ3) is 2.35. The highest BCUT2D eigenvalue weighted by molar-refractivity contribution is 5.92. The summed E-state index contributed by atoms with van der Waals surface area (Å²) >= 11 is 0. The average Bonchev–Trinajstić information content (AvgIpc) is 2.60. The minimum absolute atomic E-state index is 0.0604. The first-order chi connectivity index (χ1) is 6.69. The van der Waals surface area contributed by atoms with Crippen LogP contribution >= 0.6 is 0 Å². The van der Waals surface area contributed by atoms with Gasteiger partial charge in [0, 0.05) is 25.8 Å². The van der Waals surface area contributed by atoms with Gasteiger partial charge in [-0.1, -0.05) is 6.92 Å². The van der Waals surface area contributed by atoms with Crippen LogP contribution in [0.4, 0.5) is 0 Å². The second-order valence-corrected chi connectivity index (χ2v) is 3.32. The van der Waals surface area contributed by atoms with Crippen molar-refractivity contribution in [2.75, 3.05) is 6.54 Å². The van der Waals surface area contributed by atoms with E-state index in [4.69, 9.17) is 5.73 Å². The van der Waals surface area contributed by atoms with E-state index in [1.54, 1.807) is 10.6 Å². The van der Waals surface area contributed by atoms with Gasteiger partial charge in [-0.05, 0) is 18.6 Å². The zero-order valence-corrected chi connectivity index (χ0v) is 8.66. The van der Waals surface area contributed by atoms with E-state index in [-0.39, 0.29) is 11.9 Å². The number of carbonyl (C=O) groups is 1. The summed E-state index contributed by atoms with van der Waals surface area (Å²) in [6.07, 6.45) is 2.70. The second-order valence-electron chi connectivity index (χ2n) is 3.32. The Bertz CT molecular complexity index is 302. The maximum atomic E-state index is 11.7. The van der Waals surface area contributed by atoms with Crippen LogP contribution in [0.2, 0.25) is 0 Å². The summed E-state index contributed by atoms with van der Waals surface area (Å²) in [5.41, 5.74) is 6.17. The number of amides is 1. The van der Waals surface area contributed by atoms with Crippen LogP contribution in [0.5, 0.6) is 0 Å². The SMILES string of the molecule is CCC(CN)NC(=O)c1cccn1C. The maximum absolute atomic E-state index is 11.7. The molecule has 1 amide bonds. The molecule has 0 aliphatic rings. The Balaban J connectivity index is 2.63. The molecule has 4 heteroatoms. The molecule has 78 valence electrons. The molecule has 0 spiro atoms. The molecule has 1 heterocycles. The van der Waals surface area contributed by atoms with Gasteiger partial charge in [-0.25, -0.2) is 0 Å². The Morgan fingerprint density at radius 2 is 2.43 bits per heavy atom. The standard InChI is InChI=1S/C10H17N3O/c1-3-8(7-11)12-10(14)9-5-4-6-13(9)2/h4-6,8H,3,7,11H2,1-2H3,(H,12,14). The minimum atomic E-state index is -0.0604. The van der Waals surface area contributed by atoms with Gasteiger partial charge in [-0.15, -0.1) is 0 Å². The van der Waals surface area contributed by atoms with Crippen molar-refractivity contribution < 1.29 is 4.79 Å². The van der Waals surface area contributed by atoms with Crippen molar-refractivity contribution in [2.24, 2.45) is 12.8 Å². The van der Waals surface area contributed by atoms with Gasteiger partial charge in [-0.2, -0.15) is 0 Å². The lowest BCUT2D eigenvalue weighted by molar-refractivity contribution is 0.0929. The Kier molecular flexibility index (Phi) is 3.71. The molecular formula is C10H17N3O. The van der Waals surface area contributed by atoms with E-state index < -0.39 is 0 Å². The fraction of sp³-hybridized carbons (Fsp3) is 0.500. The number of carbonyl (C=O) groups excluding carboxylic acids is 1. The summed E-state index contributed by atoms with van der Waals surface area (Å²) in [4.78, 5) is 11.7. The van der Waals surface area contributed by atoms with E-state index in [1.165, 1.54) is 0 Å². The molecule has 0 aliphatic heterocycles. The number of aryl methyl sites for hydroxylation is 1. The number of nitrogens with two attached hydrogens (primary N) is 1. The summed E-state index contributed by atoms with van der Waals surface area (Å²) in [5, 5.41) is 2.87. The fourth-order valence-corrected chi connectivity index (χ4v) is 1.28. The lowest BCUT2D eigenvalue weighted by atomic mass is 10.2. The van der Waals surface area contributed by atoms with Gasteiger partial charge in [0.25, 0.3) is 5.91 Å². The number of nitrogens with one attached hydrogen (secondary N) is 1. The van der Waals surface area contributed by atoms with E-state index in [1.807, 2.05) is 26.2 Å². The summed E-state index contributed by atoms with van der Waals surface area (Å²) in [6.45, 7) is 2.48. The molecule has 1 aromatic rings. The molecule has 14 heavy (non-hydrogen) atoms. The molecule has 0 saturated heterocycles. The van der Waals surface area contributed by atoms with Crippen molar-refractivity contribution in [3.8, 4) is 0 Å². The topological polar surface area (TPSA) is 60.0 Å². The number of aromatic nitrogens is 1. The molecule has 1 rings (SSSR count). The normalized spacial score (nSPS) is 12.5. The quantitative estimate of drug-likeness (QED) is 0.734. The zero-order valence-electron chi connectivity index (χ0n) is 8.66. The van der Waals surface area contributed by atoms with E-state index in [2.05, 4.69) is 5.32 Å². The average molecular weight is 195 g/mol. The van der Waals surface area contributed by atoms with Gasteiger partial charge in [0.05, 0.1) is 0 Å². The molecule has 1 unspecified atom stereocenters. The van der Waals surface area contributed by atoms with Gasteiger partial charge in [0.2, 0.25) is 0 Å². The molecule has 0 saturated carbocycles. The van der Waals surface area contributed by atoms with Crippen molar-refractivity contribution >= 4 is 5.91 Å². The Labute approximate surface area is 84.1 Å². The summed E-state index contributed by atoms with van der Waals surface area (Å²) in [5.74, 6) is -0.0604. The first-order valence-electron chi connectivity index (χ1n) is 4.81. The van der Waals surface area contributed by atoms with Gasteiger partial charge in [0.1, 0.15) is 5.69 Å². The van der Waals surface area contributed by atoms with Crippen LogP contribution in [0.1, 0.15) is 23.8 Å². The molecule has 0 aliphatic carbocycles. The smallest absolute Gasteiger partial charge is 0.268 e. The first-order valence-corrected chi connectivity index (χ1v) is 4.81. The van der Waals surface area contributed by atoms with Crippen LogP contribution in [0.3, 0.4) is 0 Å². The molecule has 0 radical (unpaired) electrons. The molecule has 3 N–H and O–H groups in total. The summed E-state index contributed by atoms with van der Waals surface area (Å²) < 4.78 is 1.79. The monoisotopic (exact) mass is 195 g/mol. The lowest BCUT2D eigenvalue weighted by Gasteiger charge is -2.14. The van der Waals surface area contributed by atoms with Gasteiger partial charge >= 0.3 is 0 Å². The van der Waals surface area contributed by atoms with Crippen LogP contribution in [0, 0.1) is 0 Å². The van der Waals surface area contributed by atoms with Crippen LogP contribution in [-0.2, 0) is 7.05 Å². The molecule has 1 aromatic heterocycles. The highest BCUT2D eigenvalue weighted by atomic mass is 16.2. The Morgan fingerprint density at radius 1 is 1.71 bits per heavy atom. The largest absolute Gasteiger partial charge is 0.347 e. The van der Waals surface area contributed by atoms with Crippen LogP contribution < -0.4 is 11.1 Å². The lowest BCUT2D eigenvalue weighted by Crippen LogP contribution is -2.40. The van der Waals surface area contributed by atoms with Crippen LogP contribution in [-0.4, -0.2) is 23.1 Å². The van der Waals surface area contributed by atoms with Gasteiger partial charge < -0.3 is 15.6 Å². The van der Waals surface area contributed by atoms with E-state index in [9.17, 15) is 4.79 Å². The fourth-order valence-electron chi connectivity index (χ4n) is 1.28. The first kappa shape index (κ1) is 10.8. The van der Waals surface area contributed by atoms with Crippen molar-refractivity contribution in [3.05, 3.63) is 24.0 Å². The minimum Gasteiger partial charge on any atom is -0.347 e. The number of hydrogen-bond donors (Lipinski definition) is 2. The van der Waals surface area contributed by atoms with E-state index >= 15 is 0 Å². The van der Waals surface area contributed by atoms with E-state index in [0.29, 0.717) is 12.2 Å². The van der Waals surface area contributed by atoms with Crippen LogP contribution in [0.25, 0.3) is 0 Å². The highest BCUT2D eigenvalue weighted by Gasteiger charge is 2.12. The summed E-state index contributed by atoms with van der Waals surface area (Å²) in [7, 11) is 1.85. The van der Waals surface area contributed by atoms with Gasteiger partial charge in [0.15, 0.2) is 0 Å². The van der Waals surface area contributed by atoms with Crippen molar-refractivity contribution in [1.29, 1.82) is 0 Å². The third-order valence-electron chi connectivity index (χ3n) is 2.29. The highest BCUT2D eigenvalue weighted by Crippen LogP contribution is 2.00. The van der Waals surface area contributed by atoms with Gasteiger partial charge in [-0.3, -0.25) is 4.79 Å². The molecule has 0 fully saturated rings. The van der Waals surface area contributed by atoms with Crippen molar-refractivity contribution in [3.63, 3.8) is 0 Å². The van der Waals surface area contributed by atoms with E-state index in [0.717, 1.165) is 6.42 Å². The zero-order chi connectivity index (χ0) is 10.6. The Hall–Kier alpha value is -1.29. The second kappa shape index (κ2) is 4.81. The number of nitrogens with zero attached hydrogens (tertiary/aromatic N) is 1. The molecule has 4 nitrogen and oxygen atoms in total. The predicted octanol–water partition coefficient (Wildman–Crippen LogP) is 0.492. The van der Waals surface area contributed by atoms with Crippen molar-refractivity contribution in [2.45, 2.75) is 19.4 Å². The maximum Gasteiger partial charge on any atom is 0.268 e.